The van der Waals surface area contributed by atoms with Crippen molar-refractivity contribution in [3.8, 4) is 33.8 Å². The fraction of sp³-hybridized carbons (Fsp3) is 0.356. The maximum Gasteiger partial charge on any atom is 0.416 e. The van der Waals surface area contributed by atoms with Crippen LogP contribution in [0.5, 0.6) is 11.5 Å². The first-order chi connectivity index (χ1) is 41.8. The molecule has 4 heterocycles. The zero-order valence-electron chi connectivity index (χ0n) is 46.3. The van der Waals surface area contributed by atoms with Crippen LogP contribution in [0.1, 0.15) is 61.6 Å². The van der Waals surface area contributed by atoms with Crippen molar-refractivity contribution in [2.24, 2.45) is 0 Å². The van der Waals surface area contributed by atoms with Gasteiger partial charge in [0.25, 0.3) is 20.0 Å². The Kier molecular flexibility index (Phi) is 17.6. The van der Waals surface area contributed by atoms with Gasteiger partial charge in [-0.2, -0.15) is 43.9 Å². The summed E-state index contributed by atoms with van der Waals surface area (Å²) in [5.41, 5.74) is -4.71. The number of carboxylic acid groups (broad SMARTS) is 2. The molecule has 2 fully saturated rings. The smallest absolute Gasteiger partial charge is 0.416 e. The molecule has 0 aliphatic carbocycles. The van der Waals surface area contributed by atoms with Gasteiger partial charge in [-0.25, -0.2) is 25.6 Å². The summed E-state index contributed by atoms with van der Waals surface area (Å²) in [6.07, 6.45) is -12.8. The lowest BCUT2D eigenvalue weighted by molar-refractivity contribution is -0.141. The highest BCUT2D eigenvalue weighted by Gasteiger charge is 2.48. The van der Waals surface area contributed by atoms with Gasteiger partial charge in [0.1, 0.15) is 23.1 Å². The van der Waals surface area contributed by atoms with Gasteiger partial charge < -0.3 is 39.0 Å². The van der Waals surface area contributed by atoms with Crippen molar-refractivity contribution >= 4 is 54.7 Å². The number of carbonyl (C=O) groups is 2. The molecule has 0 radical (unpaired) electrons. The molecule has 89 heavy (non-hydrogen) atoms. The normalized spacial score (nSPS) is 20.4. The van der Waals surface area contributed by atoms with Gasteiger partial charge in [-0.05, 0) is 139 Å². The highest BCUT2D eigenvalue weighted by Crippen LogP contribution is 2.50. The quantitative estimate of drug-likeness (QED) is 0.0728. The van der Waals surface area contributed by atoms with E-state index in [1.807, 2.05) is 4.90 Å². The molecule has 476 valence electrons. The third-order valence-electron chi connectivity index (χ3n) is 15.9. The van der Waals surface area contributed by atoms with E-state index in [0.717, 1.165) is 51.1 Å². The number of fused-ring (bicyclic) bond motifs is 6. The van der Waals surface area contributed by atoms with Crippen LogP contribution in [0, 0.1) is 11.6 Å². The molecule has 2 saturated heterocycles. The Morgan fingerprint density at radius 2 is 1.12 bits per heavy atom. The molecule has 0 saturated carbocycles. The highest BCUT2D eigenvalue weighted by atomic mass is 32.2. The standard InChI is InChI=1S/C59H52F12N4O12S2/c1-57(85-14-10-54(78)79)11-12-72-42(28-57)30-75(50-21-32(5-7-48(50)72)34-16-39(60)25-43(18-34)86-55(62)63)89(82,83)46-20-36(15-38(24-46)59(69,70)71)47-31-73-41(27-52(47)84-13-9-53(76)77)29-74(88(80,81)45-4-2-3-37(23-45)58(66,67)68)51-22-33(6-8-49(51)73)35-17-40(61)26-44(19-35)87-56(64)65/h2-8,15-26,41-42,47,52,55-56H,9-14,27-31H2,1H3,(H,76,77)(H,78,79)/t41-,42-,47?,52-,57+/m0/s1. The van der Waals surface area contributed by atoms with Crippen LogP contribution >= 0.6 is 0 Å². The minimum Gasteiger partial charge on any atom is -0.481 e. The van der Waals surface area contributed by atoms with E-state index in [0.29, 0.717) is 36.4 Å². The molecule has 16 nitrogen and oxygen atoms in total. The topological polar surface area (TPSA) is 193 Å². The van der Waals surface area contributed by atoms with Gasteiger partial charge >= 0.3 is 37.5 Å². The number of alkyl halides is 10. The van der Waals surface area contributed by atoms with Crippen molar-refractivity contribution in [3.05, 3.63) is 144 Å². The summed E-state index contributed by atoms with van der Waals surface area (Å²) in [7, 11) is -10.3. The fourth-order valence-corrected chi connectivity index (χ4v) is 15.1. The average molecular weight is 1300 g/mol. The minimum atomic E-state index is -5.29. The number of anilines is 4. The molecule has 2 N–H and O–H groups in total. The summed E-state index contributed by atoms with van der Waals surface area (Å²) >= 11 is 0. The van der Waals surface area contributed by atoms with E-state index in [9.17, 15) is 59.0 Å². The van der Waals surface area contributed by atoms with Gasteiger partial charge in [0.2, 0.25) is 0 Å². The molecular weight excluding hydrogens is 1250 g/mol. The number of piperidine rings is 2. The number of hydrogen-bond acceptors (Lipinski definition) is 12. The van der Waals surface area contributed by atoms with Gasteiger partial charge in [-0.15, -0.1) is 0 Å². The summed E-state index contributed by atoms with van der Waals surface area (Å²) in [5.74, 6) is -7.23. The first-order valence-electron chi connectivity index (χ1n) is 27.2. The molecule has 1 unspecified atom stereocenters. The lowest BCUT2D eigenvalue weighted by Gasteiger charge is -2.51. The third kappa shape index (κ3) is 13.8. The van der Waals surface area contributed by atoms with Crippen molar-refractivity contribution in [2.75, 3.05) is 57.8 Å². The van der Waals surface area contributed by atoms with Gasteiger partial charge in [-0.3, -0.25) is 18.2 Å². The summed E-state index contributed by atoms with van der Waals surface area (Å²) in [4.78, 5) is 24.9. The second-order valence-electron chi connectivity index (χ2n) is 21.8. The Labute approximate surface area is 500 Å². The summed E-state index contributed by atoms with van der Waals surface area (Å²) < 4.78 is 256. The molecule has 5 atom stereocenters. The first-order valence-corrected chi connectivity index (χ1v) is 30.1. The molecule has 4 aliphatic heterocycles. The predicted molar refractivity (Wildman–Crippen MR) is 296 cm³/mol. The zero-order chi connectivity index (χ0) is 64.3. The predicted octanol–water partition coefficient (Wildman–Crippen LogP) is 12.4. The van der Waals surface area contributed by atoms with Crippen LogP contribution in [0.2, 0.25) is 0 Å². The number of nitrogens with zero attached hydrogens (tertiary/aromatic N) is 4. The molecule has 0 aromatic heterocycles. The lowest BCUT2D eigenvalue weighted by atomic mass is 9.82. The molecule has 10 rings (SSSR count). The first kappa shape index (κ1) is 64.0. The van der Waals surface area contributed by atoms with Crippen molar-refractivity contribution in [1.29, 1.82) is 0 Å². The molecule has 6 aromatic carbocycles. The summed E-state index contributed by atoms with van der Waals surface area (Å²) in [6, 6.07) is 16.1. The van der Waals surface area contributed by atoms with Crippen LogP contribution < -0.4 is 27.9 Å². The van der Waals surface area contributed by atoms with Crippen molar-refractivity contribution in [3.63, 3.8) is 0 Å². The minimum absolute atomic E-state index is 0.0410. The molecule has 30 heteroatoms. The molecule has 0 spiro atoms. The molecule has 0 amide bonds. The van der Waals surface area contributed by atoms with E-state index >= 15 is 30.4 Å². The molecule has 4 aliphatic rings. The fourth-order valence-electron chi connectivity index (χ4n) is 11.9. The van der Waals surface area contributed by atoms with E-state index in [1.165, 1.54) is 41.3 Å². The SMILES string of the molecule is C[C@@]1(OCCC(=O)O)CCN2c3ccc(-c4cc(F)cc(OC(F)F)c4)cc3N(S(=O)(=O)c3cc(C4CN5c6ccc(-c7cc(F)cc(OC(F)F)c7)cc6N(S(=O)(=O)c6cccc(C(F)(F)F)c6)C[C@@H]5C[C@@H]4OCCC(=O)O)cc(C(F)(F)F)c3)C[C@@H]2C1. The second kappa shape index (κ2) is 24.4. The Morgan fingerprint density at radius 1 is 0.596 bits per heavy atom. The monoisotopic (exact) mass is 1300 g/mol. The average Bonchev–Trinajstić information content (AvgIpc) is 0.766. The van der Waals surface area contributed by atoms with Crippen LogP contribution in [-0.2, 0) is 51.5 Å². The number of carboxylic acids is 2. The number of hydrogen-bond donors (Lipinski definition) is 2. The third-order valence-corrected chi connectivity index (χ3v) is 19.5. The number of benzene rings is 6. The highest BCUT2D eigenvalue weighted by molar-refractivity contribution is 7.93. The van der Waals surface area contributed by atoms with Crippen molar-refractivity contribution < 1.29 is 108 Å². The van der Waals surface area contributed by atoms with Crippen LogP contribution in [-0.4, -0.2) is 115 Å². The Hall–Kier alpha value is -7.96. The van der Waals surface area contributed by atoms with Gasteiger partial charge in [0.15, 0.2) is 0 Å². The number of aliphatic carboxylic acids is 2. The van der Waals surface area contributed by atoms with E-state index < -0.39 is 164 Å². The Bertz CT molecular complexity index is 3940. The molecule has 0 bridgehead atoms. The van der Waals surface area contributed by atoms with Crippen molar-refractivity contribution in [1.82, 2.24) is 0 Å². The maximum atomic E-state index is 15.7. The van der Waals surface area contributed by atoms with E-state index in [-0.39, 0.29) is 89.4 Å². The Morgan fingerprint density at radius 3 is 1.67 bits per heavy atom. The van der Waals surface area contributed by atoms with E-state index in [2.05, 4.69) is 9.47 Å². The van der Waals surface area contributed by atoms with Gasteiger partial charge in [0, 0.05) is 31.1 Å². The summed E-state index contributed by atoms with van der Waals surface area (Å²) in [6.45, 7) is -7.31. The lowest BCUT2D eigenvalue weighted by Crippen LogP contribution is -2.58. The maximum absolute atomic E-state index is 15.7. The van der Waals surface area contributed by atoms with Crippen LogP contribution in [0.25, 0.3) is 22.3 Å². The van der Waals surface area contributed by atoms with Gasteiger partial charge in [0.05, 0.1) is 107 Å². The van der Waals surface area contributed by atoms with E-state index in [1.54, 1.807) is 6.92 Å². The second-order valence-corrected chi connectivity index (χ2v) is 25.6. The number of ether oxygens (including phenoxy) is 4. The van der Waals surface area contributed by atoms with Crippen LogP contribution in [0.4, 0.5) is 75.4 Å². The van der Waals surface area contributed by atoms with Crippen molar-refractivity contribution in [2.45, 2.75) is 104 Å². The number of sulfonamides is 2. The molecule has 6 aromatic rings. The van der Waals surface area contributed by atoms with Crippen LogP contribution in [0.3, 0.4) is 0 Å². The number of halogens is 12. The molecular formula is C59H52F12N4O12S2. The summed E-state index contributed by atoms with van der Waals surface area (Å²) in [5, 5.41) is 19.0. The van der Waals surface area contributed by atoms with E-state index in [4.69, 9.17) is 9.47 Å². The largest absolute Gasteiger partial charge is 0.481 e. The number of rotatable bonds is 19. The van der Waals surface area contributed by atoms with Crippen LogP contribution in [0.15, 0.2) is 125 Å². The Balaban J connectivity index is 1.10. The zero-order valence-corrected chi connectivity index (χ0v) is 48.0. The van der Waals surface area contributed by atoms with Gasteiger partial charge in [-0.1, -0.05) is 18.2 Å².